The van der Waals surface area contributed by atoms with E-state index in [2.05, 4.69) is 19.9 Å². The molecule has 2 aromatic rings. The van der Waals surface area contributed by atoms with Crippen LogP contribution in [0.2, 0.25) is 0 Å². The Bertz CT molecular complexity index is 794. The maximum Gasteiger partial charge on any atom is 0.417 e. The minimum Gasteiger partial charge on any atom is -0.391 e. The fraction of sp³-hybridized carbons (Fsp3) is 0.550. The number of β-amino-alcohol motifs (C(OH)–C–C–N with tert-alkyl or cyclic N) is 1. The Morgan fingerprint density at radius 2 is 1.83 bits per heavy atom. The quantitative estimate of drug-likeness (QED) is 0.840. The van der Waals surface area contributed by atoms with Gasteiger partial charge in [-0.25, -0.2) is 4.98 Å². The maximum absolute atomic E-state index is 12.7. The van der Waals surface area contributed by atoms with Crippen LogP contribution < -0.4 is 4.90 Å². The van der Waals surface area contributed by atoms with Gasteiger partial charge in [0.2, 0.25) is 0 Å². The molecule has 0 bridgehead atoms. The zero-order valence-electron chi connectivity index (χ0n) is 16.0. The Labute approximate surface area is 167 Å². The topological polar surface area (TPSA) is 65.4 Å². The molecule has 4 rings (SSSR count). The Balaban J connectivity index is 1.30. The number of pyridine rings is 1. The lowest BCUT2D eigenvalue weighted by Crippen LogP contribution is -2.44. The summed E-state index contributed by atoms with van der Waals surface area (Å²) in [4.78, 5) is 16.8. The van der Waals surface area contributed by atoms with Crippen LogP contribution in [0.1, 0.15) is 24.1 Å². The van der Waals surface area contributed by atoms with E-state index in [1.165, 1.54) is 6.07 Å². The lowest BCUT2D eigenvalue weighted by molar-refractivity contribution is -0.137. The molecule has 9 heteroatoms. The van der Waals surface area contributed by atoms with Crippen LogP contribution in [0.3, 0.4) is 0 Å². The van der Waals surface area contributed by atoms with E-state index < -0.39 is 11.7 Å². The minimum absolute atomic E-state index is 0.140. The molecule has 2 saturated heterocycles. The van der Waals surface area contributed by atoms with E-state index in [4.69, 9.17) is 0 Å². The van der Waals surface area contributed by atoms with Gasteiger partial charge in [-0.3, -0.25) is 14.9 Å². The summed E-state index contributed by atoms with van der Waals surface area (Å²) in [6.45, 7) is 2.95. The van der Waals surface area contributed by atoms with Crippen molar-refractivity contribution in [3.05, 3.63) is 48.2 Å². The third-order valence-corrected chi connectivity index (χ3v) is 5.90. The largest absolute Gasteiger partial charge is 0.417 e. The molecule has 0 saturated carbocycles. The summed E-state index contributed by atoms with van der Waals surface area (Å²) in [5, 5.41) is 10.5. The highest BCUT2D eigenvalue weighted by molar-refractivity contribution is 5.40. The molecule has 1 N–H and O–H groups in total. The zero-order valence-corrected chi connectivity index (χ0v) is 16.0. The number of aliphatic hydroxyl groups excluding tert-OH is 1. The fourth-order valence-electron chi connectivity index (χ4n) is 4.29. The van der Waals surface area contributed by atoms with E-state index in [0.717, 1.165) is 50.4 Å². The van der Waals surface area contributed by atoms with Crippen LogP contribution in [0.15, 0.2) is 36.9 Å². The molecule has 2 aliphatic rings. The first-order valence-electron chi connectivity index (χ1n) is 9.85. The molecule has 2 fully saturated rings. The standard InChI is InChI=1S/C20H24F3N5O/c21-20(22,23)15-1-2-19(26-10-15)27-7-3-17(4-8-27)28-12-14(18(29)13-28)9-16-11-24-5-6-25-16/h1-2,5-6,10-11,14,17-18,29H,3-4,7-9,12-13H2/t14-,18-/m1/s1. The highest BCUT2D eigenvalue weighted by Gasteiger charge is 2.37. The minimum atomic E-state index is -4.36. The molecule has 6 nitrogen and oxygen atoms in total. The van der Waals surface area contributed by atoms with E-state index in [1.807, 2.05) is 4.90 Å². The molecule has 0 aromatic carbocycles. The second-order valence-corrected chi connectivity index (χ2v) is 7.80. The molecule has 4 heterocycles. The fourth-order valence-corrected chi connectivity index (χ4v) is 4.29. The lowest BCUT2D eigenvalue weighted by Gasteiger charge is -2.37. The second kappa shape index (κ2) is 8.23. The number of piperidine rings is 1. The van der Waals surface area contributed by atoms with Crippen molar-refractivity contribution < 1.29 is 18.3 Å². The number of hydrogen-bond acceptors (Lipinski definition) is 6. The van der Waals surface area contributed by atoms with E-state index in [0.29, 0.717) is 24.8 Å². The monoisotopic (exact) mass is 407 g/mol. The summed E-state index contributed by atoms with van der Waals surface area (Å²) in [6.07, 6.45) is 3.70. The summed E-state index contributed by atoms with van der Waals surface area (Å²) in [7, 11) is 0. The highest BCUT2D eigenvalue weighted by atomic mass is 19.4. The van der Waals surface area contributed by atoms with Gasteiger partial charge in [0.1, 0.15) is 5.82 Å². The van der Waals surface area contributed by atoms with Gasteiger partial charge in [0.05, 0.1) is 17.4 Å². The van der Waals surface area contributed by atoms with Crippen LogP contribution in [0, 0.1) is 5.92 Å². The number of aromatic nitrogens is 3. The number of nitrogens with zero attached hydrogens (tertiary/aromatic N) is 5. The van der Waals surface area contributed by atoms with Gasteiger partial charge in [0.15, 0.2) is 0 Å². The SMILES string of the molecule is O[C@@H]1CN(C2CCN(c3ccc(C(F)(F)F)cn3)CC2)C[C@H]1Cc1cnccn1. The van der Waals surface area contributed by atoms with Crippen molar-refractivity contribution in [1.29, 1.82) is 0 Å². The Morgan fingerprint density at radius 3 is 2.45 bits per heavy atom. The van der Waals surface area contributed by atoms with Gasteiger partial charge in [0, 0.05) is 62.9 Å². The number of likely N-dealkylation sites (tertiary alicyclic amines) is 1. The Kier molecular flexibility index (Phi) is 5.69. The number of aliphatic hydroxyl groups is 1. The van der Waals surface area contributed by atoms with Gasteiger partial charge in [-0.1, -0.05) is 0 Å². The predicted molar refractivity (Wildman–Crippen MR) is 101 cm³/mol. The first-order chi connectivity index (χ1) is 13.9. The Morgan fingerprint density at radius 1 is 1.03 bits per heavy atom. The van der Waals surface area contributed by atoms with Crippen LogP contribution in [0.25, 0.3) is 0 Å². The summed E-state index contributed by atoms with van der Waals surface area (Å²) in [5.41, 5.74) is 0.165. The molecule has 2 atom stereocenters. The second-order valence-electron chi connectivity index (χ2n) is 7.80. The van der Waals surface area contributed by atoms with Crippen molar-refractivity contribution >= 4 is 5.82 Å². The number of rotatable bonds is 4. The van der Waals surface area contributed by atoms with Gasteiger partial charge in [-0.2, -0.15) is 13.2 Å². The van der Waals surface area contributed by atoms with Gasteiger partial charge in [-0.15, -0.1) is 0 Å². The smallest absolute Gasteiger partial charge is 0.391 e. The third kappa shape index (κ3) is 4.67. The molecule has 0 aliphatic carbocycles. The Hall–Kier alpha value is -2.26. The average molecular weight is 407 g/mol. The highest BCUT2D eigenvalue weighted by Crippen LogP contribution is 2.31. The summed E-state index contributed by atoms with van der Waals surface area (Å²) in [5.74, 6) is 0.722. The first kappa shape index (κ1) is 20.0. The molecular formula is C20H24F3N5O. The van der Waals surface area contributed by atoms with E-state index in [-0.39, 0.29) is 12.0 Å². The van der Waals surface area contributed by atoms with E-state index >= 15 is 0 Å². The van der Waals surface area contributed by atoms with Crippen LogP contribution in [0.4, 0.5) is 19.0 Å². The normalized spacial score (nSPS) is 24.2. The number of halogens is 3. The third-order valence-electron chi connectivity index (χ3n) is 5.90. The van der Waals surface area contributed by atoms with Crippen LogP contribution in [-0.4, -0.2) is 63.3 Å². The predicted octanol–water partition coefficient (Wildman–Crippen LogP) is 2.39. The van der Waals surface area contributed by atoms with Crippen LogP contribution in [0.5, 0.6) is 0 Å². The van der Waals surface area contributed by atoms with Crippen LogP contribution in [-0.2, 0) is 12.6 Å². The van der Waals surface area contributed by atoms with Crippen molar-refractivity contribution in [2.24, 2.45) is 5.92 Å². The average Bonchev–Trinajstić information content (AvgIpc) is 3.09. The number of alkyl halides is 3. The first-order valence-corrected chi connectivity index (χ1v) is 9.85. The van der Waals surface area contributed by atoms with E-state index in [9.17, 15) is 18.3 Å². The summed E-state index contributed by atoms with van der Waals surface area (Å²) in [6, 6.07) is 2.89. The zero-order chi connectivity index (χ0) is 20.4. The number of anilines is 1. The molecule has 156 valence electrons. The number of hydrogen-bond donors (Lipinski definition) is 1. The van der Waals surface area contributed by atoms with Gasteiger partial charge >= 0.3 is 6.18 Å². The van der Waals surface area contributed by atoms with Crippen molar-refractivity contribution in [3.63, 3.8) is 0 Å². The maximum atomic E-state index is 12.7. The van der Waals surface area contributed by atoms with Crippen molar-refractivity contribution in [3.8, 4) is 0 Å². The van der Waals surface area contributed by atoms with Gasteiger partial charge < -0.3 is 10.0 Å². The molecular weight excluding hydrogens is 383 g/mol. The van der Waals surface area contributed by atoms with Gasteiger partial charge in [0.25, 0.3) is 0 Å². The molecule has 0 radical (unpaired) electrons. The summed E-state index contributed by atoms with van der Waals surface area (Å²) >= 11 is 0. The van der Waals surface area contributed by atoms with Gasteiger partial charge in [-0.05, 0) is 31.4 Å². The molecule has 2 aromatic heterocycles. The summed E-state index contributed by atoms with van der Waals surface area (Å²) < 4.78 is 38.1. The van der Waals surface area contributed by atoms with Crippen LogP contribution >= 0.6 is 0 Å². The molecule has 29 heavy (non-hydrogen) atoms. The lowest BCUT2D eigenvalue weighted by atomic mass is 10.00. The van der Waals surface area contributed by atoms with Crippen molar-refractivity contribution in [1.82, 2.24) is 19.9 Å². The molecule has 0 amide bonds. The van der Waals surface area contributed by atoms with Crippen molar-refractivity contribution in [2.75, 3.05) is 31.1 Å². The molecule has 0 unspecified atom stereocenters. The van der Waals surface area contributed by atoms with Crippen molar-refractivity contribution in [2.45, 2.75) is 37.6 Å². The van der Waals surface area contributed by atoms with E-state index in [1.54, 1.807) is 18.6 Å². The molecule has 2 aliphatic heterocycles. The molecule has 0 spiro atoms.